The number of hydrogen-bond donors (Lipinski definition) is 2. The Hall–Kier alpha value is -0.620. The minimum atomic E-state index is -3.30. The van der Waals surface area contributed by atoms with Gasteiger partial charge in [-0.2, -0.15) is 8.42 Å². The minimum absolute atomic E-state index is 0.401. The topological polar surface area (TPSA) is 58.2 Å². The standard InChI is InChI=1S/C12H19ClN2O2S/c1-2-14-18(16,17)15-9-4-3-6-11-7-5-8-12(13)10-11/h5,7-8,10,14-15H,2-4,6,9H2,1H3. The average Bonchev–Trinajstić information content (AvgIpc) is 2.28. The van der Waals surface area contributed by atoms with Gasteiger partial charge in [-0.1, -0.05) is 30.7 Å². The van der Waals surface area contributed by atoms with Gasteiger partial charge < -0.3 is 0 Å². The van der Waals surface area contributed by atoms with Gasteiger partial charge in [0.1, 0.15) is 0 Å². The lowest BCUT2D eigenvalue weighted by Crippen LogP contribution is -2.36. The van der Waals surface area contributed by atoms with Crippen molar-refractivity contribution in [2.24, 2.45) is 0 Å². The Bertz CT molecular complexity index is 463. The highest BCUT2D eigenvalue weighted by atomic mass is 35.5. The summed E-state index contributed by atoms with van der Waals surface area (Å²) in [5.74, 6) is 0. The molecule has 0 unspecified atom stereocenters. The van der Waals surface area contributed by atoms with E-state index in [1.54, 1.807) is 6.92 Å². The third-order valence-corrected chi connectivity index (χ3v) is 3.90. The van der Waals surface area contributed by atoms with E-state index < -0.39 is 10.2 Å². The van der Waals surface area contributed by atoms with Crippen LogP contribution in [0, 0.1) is 0 Å². The molecule has 1 aromatic carbocycles. The van der Waals surface area contributed by atoms with E-state index in [9.17, 15) is 8.42 Å². The predicted octanol–water partition coefficient (Wildman–Crippen LogP) is 2.11. The number of aryl methyl sites for hydroxylation is 1. The summed E-state index contributed by atoms with van der Waals surface area (Å²) in [5, 5.41) is 0.736. The lowest BCUT2D eigenvalue weighted by Gasteiger charge is -2.06. The lowest BCUT2D eigenvalue weighted by molar-refractivity contribution is 0.564. The second-order valence-electron chi connectivity index (χ2n) is 3.98. The molecule has 0 aliphatic rings. The summed E-state index contributed by atoms with van der Waals surface area (Å²) in [4.78, 5) is 0. The summed E-state index contributed by atoms with van der Waals surface area (Å²) in [6, 6.07) is 7.72. The Morgan fingerprint density at radius 3 is 2.67 bits per heavy atom. The zero-order valence-corrected chi connectivity index (χ0v) is 12.0. The third-order valence-electron chi connectivity index (χ3n) is 2.41. The molecule has 0 fully saturated rings. The summed E-state index contributed by atoms with van der Waals surface area (Å²) >= 11 is 5.88. The number of benzene rings is 1. The van der Waals surface area contributed by atoms with Gasteiger partial charge in [0.2, 0.25) is 0 Å². The first kappa shape index (κ1) is 15.4. The van der Waals surface area contributed by atoms with Crippen LogP contribution in [-0.2, 0) is 16.6 Å². The smallest absolute Gasteiger partial charge is 0.203 e. The molecule has 0 aliphatic carbocycles. The molecule has 1 rings (SSSR count). The molecule has 1 aromatic rings. The highest BCUT2D eigenvalue weighted by Crippen LogP contribution is 2.12. The second kappa shape index (κ2) is 7.74. The maximum absolute atomic E-state index is 11.3. The van der Waals surface area contributed by atoms with Gasteiger partial charge in [-0.15, -0.1) is 0 Å². The summed E-state index contributed by atoms with van der Waals surface area (Å²) in [7, 11) is -3.30. The molecule has 0 amide bonds. The zero-order chi connectivity index (χ0) is 13.4. The predicted molar refractivity (Wildman–Crippen MR) is 75.0 cm³/mol. The monoisotopic (exact) mass is 290 g/mol. The Labute approximate surface area is 114 Å². The van der Waals surface area contributed by atoms with Gasteiger partial charge in [-0.3, -0.25) is 0 Å². The SMILES string of the molecule is CCNS(=O)(=O)NCCCCc1cccc(Cl)c1. The molecule has 4 nitrogen and oxygen atoms in total. The van der Waals surface area contributed by atoms with E-state index in [2.05, 4.69) is 9.44 Å². The van der Waals surface area contributed by atoms with Crippen molar-refractivity contribution in [3.05, 3.63) is 34.9 Å². The van der Waals surface area contributed by atoms with Gasteiger partial charge in [0, 0.05) is 18.1 Å². The summed E-state index contributed by atoms with van der Waals surface area (Å²) in [6.07, 6.45) is 2.63. The van der Waals surface area contributed by atoms with Crippen molar-refractivity contribution >= 4 is 21.8 Å². The molecule has 0 saturated heterocycles. The number of hydrogen-bond acceptors (Lipinski definition) is 2. The van der Waals surface area contributed by atoms with Crippen LogP contribution in [0.4, 0.5) is 0 Å². The van der Waals surface area contributed by atoms with Crippen LogP contribution in [0.25, 0.3) is 0 Å². The molecule has 0 aliphatic heterocycles. The van der Waals surface area contributed by atoms with Crippen LogP contribution in [-0.4, -0.2) is 21.5 Å². The van der Waals surface area contributed by atoms with Crippen LogP contribution >= 0.6 is 11.6 Å². The lowest BCUT2D eigenvalue weighted by atomic mass is 10.1. The van der Waals surface area contributed by atoms with Gasteiger partial charge in [0.15, 0.2) is 0 Å². The van der Waals surface area contributed by atoms with E-state index in [0.29, 0.717) is 13.1 Å². The van der Waals surface area contributed by atoms with Crippen molar-refractivity contribution in [2.45, 2.75) is 26.2 Å². The molecular formula is C12H19ClN2O2S. The van der Waals surface area contributed by atoms with Crippen LogP contribution < -0.4 is 9.44 Å². The van der Waals surface area contributed by atoms with E-state index in [0.717, 1.165) is 24.3 Å². The first-order valence-electron chi connectivity index (χ1n) is 6.02. The largest absolute Gasteiger partial charge is 0.276 e. The van der Waals surface area contributed by atoms with E-state index in [-0.39, 0.29) is 0 Å². The van der Waals surface area contributed by atoms with Crippen LogP contribution in [0.2, 0.25) is 5.02 Å². The van der Waals surface area contributed by atoms with Gasteiger partial charge in [-0.05, 0) is 37.0 Å². The average molecular weight is 291 g/mol. The van der Waals surface area contributed by atoms with Crippen molar-refractivity contribution in [1.82, 2.24) is 9.44 Å². The fourth-order valence-corrected chi connectivity index (χ4v) is 2.70. The van der Waals surface area contributed by atoms with Crippen LogP contribution in [0.3, 0.4) is 0 Å². The van der Waals surface area contributed by atoms with Crippen molar-refractivity contribution in [1.29, 1.82) is 0 Å². The third kappa shape index (κ3) is 6.35. The molecule has 2 N–H and O–H groups in total. The molecule has 0 radical (unpaired) electrons. The maximum atomic E-state index is 11.3. The van der Waals surface area contributed by atoms with E-state index >= 15 is 0 Å². The van der Waals surface area contributed by atoms with Crippen molar-refractivity contribution in [3.63, 3.8) is 0 Å². The maximum Gasteiger partial charge on any atom is 0.276 e. The number of unbranched alkanes of at least 4 members (excludes halogenated alkanes) is 1. The summed E-state index contributed by atoms with van der Waals surface area (Å²) < 4.78 is 27.4. The minimum Gasteiger partial charge on any atom is -0.203 e. The van der Waals surface area contributed by atoms with E-state index in [1.807, 2.05) is 24.3 Å². The molecule has 0 bridgehead atoms. The molecular weight excluding hydrogens is 272 g/mol. The number of nitrogens with one attached hydrogen (secondary N) is 2. The summed E-state index contributed by atoms with van der Waals surface area (Å²) in [6.45, 7) is 2.60. The molecule has 0 atom stereocenters. The molecule has 0 aromatic heterocycles. The Balaban J connectivity index is 2.20. The van der Waals surface area contributed by atoms with Crippen LogP contribution in [0.1, 0.15) is 25.3 Å². The first-order chi connectivity index (χ1) is 8.53. The van der Waals surface area contributed by atoms with Gasteiger partial charge >= 0.3 is 0 Å². The fraction of sp³-hybridized carbons (Fsp3) is 0.500. The van der Waals surface area contributed by atoms with Crippen molar-refractivity contribution in [3.8, 4) is 0 Å². The molecule has 18 heavy (non-hydrogen) atoms. The Morgan fingerprint density at radius 2 is 2.00 bits per heavy atom. The molecule has 102 valence electrons. The molecule has 0 saturated carbocycles. The second-order valence-corrected chi connectivity index (χ2v) is 6.00. The Kier molecular flexibility index (Phi) is 6.63. The molecule has 0 spiro atoms. The Morgan fingerprint density at radius 1 is 1.22 bits per heavy atom. The molecule has 6 heteroatoms. The zero-order valence-electron chi connectivity index (χ0n) is 10.4. The van der Waals surface area contributed by atoms with E-state index in [4.69, 9.17) is 11.6 Å². The van der Waals surface area contributed by atoms with Gasteiger partial charge in [0.05, 0.1) is 0 Å². The fourth-order valence-electron chi connectivity index (χ4n) is 1.59. The number of rotatable bonds is 8. The highest BCUT2D eigenvalue weighted by Gasteiger charge is 2.05. The van der Waals surface area contributed by atoms with Gasteiger partial charge in [0.25, 0.3) is 10.2 Å². The first-order valence-corrected chi connectivity index (χ1v) is 7.88. The van der Waals surface area contributed by atoms with Crippen LogP contribution in [0.15, 0.2) is 24.3 Å². The highest BCUT2D eigenvalue weighted by molar-refractivity contribution is 7.87. The van der Waals surface area contributed by atoms with Crippen molar-refractivity contribution < 1.29 is 8.42 Å². The van der Waals surface area contributed by atoms with Gasteiger partial charge in [-0.25, -0.2) is 9.44 Å². The van der Waals surface area contributed by atoms with Crippen molar-refractivity contribution in [2.75, 3.05) is 13.1 Å². The van der Waals surface area contributed by atoms with E-state index in [1.165, 1.54) is 5.56 Å². The quantitative estimate of drug-likeness (QED) is 0.721. The number of halogens is 1. The normalized spacial score (nSPS) is 11.7. The molecule has 0 heterocycles. The summed E-state index contributed by atoms with van der Waals surface area (Å²) in [5.41, 5.74) is 1.18. The van der Waals surface area contributed by atoms with Crippen LogP contribution in [0.5, 0.6) is 0 Å².